The van der Waals surface area contributed by atoms with Gasteiger partial charge in [0.1, 0.15) is 5.82 Å². The van der Waals surface area contributed by atoms with E-state index >= 15 is 0 Å². The second kappa shape index (κ2) is 3.91. The molecule has 1 fully saturated rings. The minimum atomic E-state index is -0.191. The number of rotatable bonds is 3. The SMILES string of the molecule is Cc1ccc(F)cc1C(NN)C1CC1C. The lowest BCUT2D eigenvalue weighted by Gasteiger charge is -2.18. The van der Waals surface area contributed by atoms with Crippen molar-refractivity contribution in [3.63, 3.8) is 0 Å². The molecule has 0 amide bonds. The summed E-state index contributed by atoms with van der Waals surface area (Å²) in [5.74, 6) is 6.60. The summed E-state index contributed by atoms with van der Waals surface area (Å²) in [5.41, 5.74) is 4.90. The summed E-state index contributed by atoms with van der Waals surface area (Å²) in [4.78, 5) is 0. The highest BCUT2D eigenvalue weighted by Crippen LogP contribution is 2.47. The molecule has 15 heavy (non-hydrogen) atoms. The van der Waals surface area contributed by atoms with Crippen molar-refractivity contribution in [2.24, 2.45) is 17.7 Å². The Balaban J connectivity index is 2.29. The fraction of sp³-hybridized carbons (Fsp3) is 0.500. The summed E-state index contributed by atoms with van der Waals surface area (Å²) in [6, 6.07) is 4.98. The van der Waals surface area contributed by atoms with Gasteiger partial charge in [0.05, 0.1) is 0 Å². The molecule has 2 nitrogen and oxygen atoms in total. The number of hydrazine groups is 1. The highest BCUT2D eigenvalue weighted by Gasteiger charge is 2.40. The van der Waals surface area contributed by atoms with Crippen molar-refractivity contribution in [1.82, 2.24) is 5.43 Å². The van der Waals surface area contributed by atoms with E-state index in [0.717, 1.165) is 11.1 Å². The standard InChI is InChI=1S/C12H17FN2/c1-7-3-4-9(13)6-11(7)12(15-14)10-5-8(10)2/h3-4,6,8,10,12,15H,5,14H2,1-2H3. The number of hydrogen-bond acceptors (Lipinski definition) is 2. The first-order valence-electron chi connectivity index (χ1n) is 5.35. The van der Waals surface area contributed by atoms with Crippen molar-refractivity contribution >= 4 is 0 Å². The van der Waals surface area contributed by atoms with Gasteiger partial charge in [-0.2, -0.15) is 0 Å². The summed E-state index contributed by atoms with van der Waals surface area (Å²) in [6.07, 6.45) is 1.17. The molecule has 0 aromatic heterocycles. The van der Waals surface area contributed by atoms with E-state index in [1.54, 1.807) is 6.07 Å². The molecule has 0 aliphatic heterocycles. The van der Waals surface area contributed by atoms with E-state index in [-0.39, 0.29) is 11.9 Å². The van der Waals surface area contributed by atoms with Gasteiger partial charge in [-0.05, 0) is 48.4 Å². The monoisotopic (exact) mass is 208 g/mol. The van der Waals surface area contributed by atoms with Crippen LogP contribution in [0.5, 0.6) is 0 Å². The van der Waals surface area contributed by atoms with Crippen LogP contribution in [0.4, 0.5) is 4.39 Å². The van der Waals surface area contributed by atoms with Crippen LogP contribution in [-0.2, 0) is 0 Å². The van der Waals surface area contributed by atoms with Crippen LogP contribution in [0.1, 0.15) is 30.5 Å². The minimum absolute atomic E-state index is 0.0932. The summed E-state index contributed by atoms with van der Waals surface area (Å²) in [7, 11) is 0. The Kier molecular flexibility index (Phi) is 2.76. The number of benzene rings is 1. The van der Waals surface area contributed by atoms with Crippen LogP contribution in [0.3, 0.4) is 0 Å². The normalized spacial score (nSPS) is 26.4. The smallest absolute Gasteiger partial charge is 0.123 e. The Morgan fingerprint density at radius 3 is 2.73 bits per heavy atom. The molecule has 1 aromatic rings. The summed E-state index contributed by atoms with van der Waals surface area (Å²) in [5, 5.41) is 0. The average molecular weight is 208 g/mol. The van der Waals surface area contributed by atoms with Crippen LogP contribution in [-0.4, -0.2) is 0 Å². The van der Waals surface area contributed by atoms with E-state index in [4.69, 9.17) is 5.84 Å². The van der Waals surface area contributed by atoms with Crippen molar-refractivity contribution in [2.75, 3.05) is 0 Å². The van der Waals surface area contributed by atoms with Gasteiger partial charge in [0.25, 0.3) is 0 Å². The molecule has 0 radical (unpaired) electrons. The van der Waals surface area contributed by atoms with Gasteiger partial charge in [-0.15, -0.1) is 0 Å². The predicted molar refractivity (Wildman–Crippen MR) is 58.5 cm³/mol. The second-order valence-electron chi connectivity index (χ2n) is 4.52. The third-order valence-electron chi connectivity index (χ3n) is 3.36. The molecule has 1 aromatic carbocycles. The van der Waals surface area contributed by atoms with Crippen molar-refractivity contribution in [1.29, 1.82) is 0 Å². The highest BCUT2D eigenvalue weighted by atomic mass is 19.1. The average Bonchev–Trinajstić information content (AvgIpc) is 2.90. The topological polar surface area (TPSA) is 38.0 Å². The fourth-order valence-electron chi connectivity index (χ4n) is 2.21. The number of halogens is 1. The molecule has 3 atom stereocenters. The molecular formula is C12H17FN2. The van der Waals surface area contributed by atoms with E-state index in [2.05, 4.69) is 12.3 Å². The predicted octanol–water partition coefficient (Wildman–Crippen LogP) is 2.29. The van der Waals surface area contributed by atoms with Crippen LogP contribution < -0.4 is 11.3 Å². The zero-order valence-corrected chi connectivity index (χ0v) is 9.13. The molecule has 82 valence electrons. The molecule has 3 N–H and O–H groups in total. The Hall–Kier alpha value is -0.930. The maximum Gasteiger partial charge on any atom is 0.123 e. The van der Waals surface area contributed by atoms with Gasteiger partial charge < -0.3 is 0 Å². The van der Waals surface area contributed by atoms with Crippen molar-refractivity contribution in [3.8, 4) is 0 Å². The first-order valence-corrected chi connectivity index (χ1v) is 5.35. The van der Waals surface area contributed by atoms with Gasteiger partial charge >= 0.3 is 0 Å². The van der Waals surface area contributed by atoms with Gasteiger partial charge in [-0.25, -0.2) is 4.39 Å². The molecule has 2 rings (SSSR count). The van der Waals surface area contributed by atoms with Gasteiger partial charge in [0.15, 0.2) is 0 Å². The molecule has 1 saturated carbocycles. The summed E-state index contributed by atoms with van der Waals surface area (Å²) < 4.78 is 13.2. The summed E-state index contributed by atoms with van der Waals surface area (Å²) >= 11 is 0. The lowest BCUT2D eigenvalue weighted by molar-refractivity contribution is 0.470. The number of hydrogen-bond donors (Lipinski definition) is 2. The van der Waals surface area contributed by atoms with E-state index in [9.17, 15) is 4.39 Å². The maximum absolute atomic E-state index is 13.2. The van der Waals surface area contributed by atoms with E-state index < -0.39 is 0 Å². The third kappa shape index (κ3) is 2.03. The first-order chi connectivity index (χ1) is 7.13. The Morgan fingerprint density at radius 2 is 2.20 bits per heavy atom. The molecule has 1 aliphatic rings. The van der Waals surface area contributed by atoms with Crippen LogP contribution in [0.15, 0.2) is 18.2 Å². The fourth-order valence-corrected chi connectivity index (χ4v) is 2.21. The van der Waals surface area contributed by atoms with Crippen molar-refractivity contribution in [2.45, 2.75) is 26.3 Å². The zero-order valence-electron chi connectivity index (χ0n) is 9.13. The van der Waals surface area contributed by atoms with Crippen LogP contribution in [0.2, 0.25) is 0 Å². The van der Waals surface area contributed by atoms with Crippen LogP contribution in [0, 0.1) is 24.6 Å². The minimum Gasteiger partial charge on any atom is -0.271 e. The molecule has 3 heteroatoms. The van der Waals surface area contributed by atoms with Crippen LogP contribution in [0.25, 0.3) is 0 Å². The molecule has 0 bridgehead atoms. The lowest BCUT2D eigenvalue weighted by Crippen LogP contribution is -2.30. The number of nitrogens with one attached hydrogen (secondary N) is 1. The molecule has 0 saturated heterocycles. The Morgan fingerprint density at radius 1 is 1.53 bits per heavy atom. The van der Waals surface area contributed by atoms with Gasteiger partial charge in [-0.3, -0.25) is 11.3 Å². The van der Waals surface area contributed by atoms with E-state index in [0.29, 0.717) is 11.8 Å². The van der Waals surface area contributed by atoms with Gasteiger partial charge in [0.2, 0.25) is 0 Å². The molecular weight excluding hydrogens is 191 g/mol. The largest absolute Gasteiger partial charge is 0.271 e. The second-order valence-corrected chi connectivity index (χ2v) is 4.52. The van der Waals surface area contributed by atoms with E-state index in [1.165, 1.54) is 12.5 Å². The zero-order chi connectivity index (χ0) is 11.0. The molecule has 3 unspecified atom stereocenters. The molecule has 0 heterocycles. The Labute approximate surface area is 89.6 Å². The van der Waals surface area contributed by atoms with Crippen LogP contribution >= 0.6 is 0 Å². The van der Waals surface area contributed by atoms with Crippen molar-refractivity contribution in [3.05, 3.63) is 35.1 Å². The maximum atomic E-state index is 13.2. The molecule has 0 spiro atoms. The Bertz CT molecular complexity index is 365. The lowest BCUT2D eigenvalue weighted by atomic mass is 9.97. The quantitative estimate of drug-likeness (QED) is 0.591. The first kappa shape index (κ1) is 10.6. The van der Waals surface area contributed by atoms with Gasteiger partial charge in [0, 0.05) is 6.04 Å². The molecule has 1 aliphatic carbocycles. The van der Waals surface area contributed by atoms with Crippen molar-refractivity contribution < 1.29 is 4.39 Å². The van der Waals surface area contributed by atoms with Gasteiger partial charge in [-0.1, -0.05) is 13.0 Å². The third-order valence-corrected chi connectivity index (χ3v) is 3.36. The number of aryl methyl sites for hydroxylation is 1. The summed E-state index contributed by atoms with van der Waals surface area (Å²) in [6.45, 7) is 4.19. The highest BCUT2D eigenvalue weighted by molar-refractivity contribution is 5.31. The number of nitrogens with two attached hydrogens (primary N) is 1. The van der Waals surface area contributed by atoms with E-state index in [1.807, 2.05) is 13.0 Å².